The second-order valence-electron chi connectivity index (χ2n) is 6.49. The fourth-order valence-corrected chi connectivity index (χ4v) is 5.57. The highest BCUT2D eigenvalue weighted by molar-refractivity contribution is 7.99. The molecular formula is C15H26OS. The lowest BCUT2D eigenvalue weighted by Gasteiger charge is -2.38. The van der Waals surface area contributed by atoms with Crippen LogP contribution < -0.4 is 0 Å². The van der Waals surface area contributed by atoms with E-state index in [9.17, 15) is 4.79 Å². The third kappa shape index (κ3) is 1.97. The molecule has 0 aromatic rings. The number of hydrogen-bond donors (Lipinski definition) is 0. The molecule has 2 unspecified atom stereocenters. The number of fused-ring (bicyclic) bond motifs is 2. The molecule has 0 heterocycles. The van der Waals surface area contributed by atoms with Crippen LogP contribution in [0.1, 0.15) is 59.8 Å². The quantitative estimate of drug-likeness (QED) is 0.727. The Morgan fingerprint density at radius 1 is 1.35 bits per heavy atom. The molecule has 0 aromatic carbocycles. The van der Waals surface area contributed by atoms with Crippen molar-refractivity contribution in [2.45, 2.75) is 65.0 Å². The summed E-state index contributed by atoms with van der Waals surface area (Å²) in [5, 5.41) is 0.787. The number of ketones is 1. The van der Waals surface area contributed by atoms with Crippen molar-refractivity contribution < 1.29 is 4.79 Å². The highest BCUT2D eigenvalue weighted by Gasteiger charge is 2.62. The summed E-state index contributed by atoms with van der Waals surface area (Å²) in [4.78, 5) is 12.0. The van der Waals surface area contributed by atoms with Gasteiger partial charge in [0, 0.05) is 23.3 Å². The zero-order valence-electron chi connectivity index (χ0n) is 11.7. The molecule has 2 atom stereocenters. The second-order valence-corrected chi connectivity index (χ2v) is 7.77. The van der Waals surface area contributed by atoms with Gasteiger partial charge in [0.2, 0.25) is 0 Å². The highest BCUT2D eigenvalue weighted by Crippen LogP contribution is 2.65. The van der Waals surface area contributed by atoms with E-state index in [0.29, 0.717) is 17.1 Å². The van der Waals surface area contributed by atoms with Gasteiger partial charge in [-0.1, -0.05) is 27.7 Å². The first kappa shape index (κ1) is 13.5. The van der Waals surface area contributed by atoms with E-state index in [2.05, 4.69) is 39.5 Å². The van der Waals surface area contributed by atoms with E-state index in [1.807, 2.05) is 0 Å². The summed E-state index contributed by atoms with van der Waals surface area (Å²) in [7, 11) is 0. The second kappa shape index (κ2) is 4.60. The van der Waals surface area contributed by atoms with Gasteiger partial charge in [-0.25, -0.2) is 0 Å². The molecule has 2 heteroatoms. The topological polar surface area (TPSA) is 17.1 Å². The number of Topliss-reactive ketones (excluding diaryl/α,β-unsaturated/α-hetero) is 1. The molecule has 0 aromatic heterocycles. The molecule has 2 aliphatic rings. The first-order valence-electron chi connectivity index (χ1n) is 7.11. The molecule has 0 aliphatic heterocycles. The Labute approximate surface area is 110 Å². The van der Waals surface area contributed by atoms with Gasteiger partial charge in [-0.3, -0.25) is 4.79 Å². The Bertz CT molecular complexity index is 306. The Balaban J connectivity index is 2.06. The van der Waals surface area contributed by atoms with Gasteiger partial charge < -0.3 is 0 Å². The summed E-state index contributed by atoms with van der Waals surface area (Å²) >= 11 is 2.12. The van der Waals surface area contributed by atoms with Crippen molar-refractivity contribution in [1.29, 1.82) is 0 Å². The lowest BCUT2D eigenvalue weighted by Crippen LogP contribution is -2.33. The Kier molecular flexibility index (Phi) is 3.64. The average molecular weight is 254 g/mol. The Hall–Kier alpha value is 0.0200. The lowest BCUT2D eigenvalue weighted by molar-refractivity contribution is -0.122. The summed E-state index contributed by atoms with van der Waals surface area (Å²) in [6, 6.07) is 0. The third-order valence-electron chi connectivity index (χ3n) is 5.56. The maximum atomic E-state index is 12.0. The molecule has 2 rings (SSSR count). The standard InChI is InChI=1S/C15H26OS/c1-5-11(6-2)17-10-15-8-7-12(13(16)9-15)14(15,3)4/h11-12H,5-10H2,1-4H3. The van der Waals surface area contributed by atoms with Gasteiger partial charge in [-0.05, 0) is 36.5 Å². The van der Waals surface area contributed by atoms with Gasteiger partial charge in [0.25, 0.3) is 0 Å². The van der Waals surface area contributed by atoms with Crippen LogP contribution in [0.4, 0.5) is 0 Å². The van der Waals surface area contributed by atoms with Gasteiger partial charge in [0.15, 0.2) is 0 Å². The van der Waals surface area contributed by atoms with E-state index in [0.717, 1.165) is 18.1 Å². The van der Waals surface area contributed by atoms with Crippen molar-refractivity contribution in [2.24, 2.45) is 16.7 Å². The SMILES string of the molecule is CCC(CC)SCC12CCC(C(=O)C1)C2(C)C. The average Bonchev–Trinajstić information content (AvgIpc) is 2.63. The number of carbonyl (C=O) groups excluding carboxylic acids is 1. The van der Waals surface area contributed by atoms with Crippen LogP contribution in [0, 0.1) is 16.7 Å². The van der Waals surface area contributed by atoms with E-state index in [4.69, 9.17) is 0 Å². The molecule has 0 spiro atoms. The minimum Gasteiger partial charge on any atom is -0.299 e. The van der Waals surface area contributed by atoms with Crippen molar-refractivity contribution in [3.05, 3.63) is 0 Å². The minimum absolute atomic E-state index is 0.253. The van der Waals surface area contributed by atoms with E-state index in [-0.39, 0.29) is 5.41 Å². The first-order valence-corrected chi connectivity index (χ1v) is 8.16. The molecule has 2 bridgehead atoms. The Morgan fingerprint density at radius 3 is 2.41 bits per heavy atom. The van der Waals surface area contributed by atoms with E-state index in [1.54, 1.807) is 0 Å². The lowest BCUT2D eigenvalue weighted by atomic mass is 9.71. The molecule has 2 saturated carbocycles. The molecule has 0 N–H and O–H groups in total. The van der Waals surface area contributed by atoms with Gasteiger partial charge in [0.05, 0.1) is 0 Å². The summed E-state index contributed by atoms with van der Waals surface area (Å²) in [5.74, 6) is 2.12. The largest absolute Gasteiger partial charge is 0.299 e. The molecule has 2 fully saturated rings. The van der Waals surface area contributed by atoms with Crippen LogP contribution in [0.3, 0.4) is 0 Å². The van der Waals surface area contributed by atoms with Crippen molar-refractivity contribution in [1.82, 2.24) is 0 Å². The molecule has 0 radical (unpaired) electrons. The fourth-order valence-electron chi connectivity index (χ4n) is 3.92. The van der Waals surface area contributed by atoms with Crippen molar-refractivity contribution in [3.8, 4) is 0 Å². The first-order chi connectivity index (χ1) is 7.97. The summed E-state index contributed by atoms with van der Waals surface area (Å²) in [6.45, 7) is 9.23. The normalized spacial score (nSPS) is 34.9. The smallest absolute Gasteiger partial charge is 0.137 e. The van der Waals surface area contributed by atoms with E-state index in [1.165, 1.54) is 25.0 Å². The van der Waals surface area contributed by atoms with Crippen LogP contribution in [0.15, 0.2) is 0 Å². The monoisotopic (exact) mass is 254 g/mol. The van der Waals surface area contributed by atoms with Crippen molar-refractivity contribution in [2.75, 3.05) is 5.75 Å². The number of thioether (sulfide) groups is 1. The van der Waals surface area contributed by atoms with Gasteiger partial charge in [0.1, 0.15) is 5.78 Å². The third-order valence-corrected chi connectivity index (χ3v) is 7.41. The van der Waals surface area contributed by atoms with Crippen LogP contribution in [0.25, 0.3) is 0 Å². The molecule has 2 aliphatic carbocycles. The summed E-state index contributed by atoms with van der Waals surface area (Å²) in [5.41, 5.74) is 0.575. The van der Waals surface area contributed by atoms with Crippen LogP contribution in [-0.2, 0) is 4.79 Å². The van der Waals surface area contributed by atoms with Crippen LogP contribution >= 0.6 is 11.8 Å². The fraction of sp³-hybridized carbons (Fsp3) is 0.933. The zero-order valence-corrected chi connectivity index (χ0v) is 12.5. The van der Waals surface area contributed by atoms with Crippen LogP contribution in [0.5, 0.6) is 0 Å². The predicted molar refractivity (Wildman–Crippen MR) is 75.4 cm³/mol. The zero-order chi connectivity index (χ0) is 12.7. The minimum atomic E-state index is 0.253. The summed E-state index contributed by atoms with van der Waals surface area (Å²) in [6.07, 6.45) is 5.81. The maximum Gasteiger partial charge on any atom is 0.137 e. The predicted octanol–water partition coefficient (Wildman–Crippen LogP) is 4.30. The molecular weight excluding hydrogens is 228 g/mol. The van der Waals surface area contributed by atoms with E-state index >= 15 is 0 Å². The number of rotatable bonds is 5. The van der Waals surface area contributed by atoms with Gasteiger partial charge in [-0.2, -0.15) is 11.8 Å². The molecule has 98 valence electrons. The number of carbonyl (C=O) groups is 1. The summed E-state index contributed by atoms with van der Waals surface area (Å²) < 4.78 is 0. The van der Waals surface area contributed by atoms with Crippen molar-refractivity contribution in [3.63, 3.8) is 0 Å². The van der Waals surface area contributed by atoms with Gasteiger partial charge >= 0.3 is 0 Å². The number of hydrogen-bond acceptors (Lipinski definition) is 2. The highest BCUT2D eigenvalue weighted by atomic mass is 32.2. The molecule has 0 saturated heterocycles. The van der Waals surface area contributed by atoms with Crippen LogP contribution in [-0.4, -0.2) is 16.8 Å². The molecule has 17 heavy (non-hydrogen) atoms. The van der Waals surface area contributed by atoms with E-state index < -0.39 is 0 Å². The Morgan fingerprint density at radius 2 is 2.00 bits per heavy atom. The van der Waals surface area contributed by atoms with Gasteiger partial charge in [-0.15, -0.1) is 0 Å². The molecule has 1 nitrogen and oxygen atoms in total. The molecule has 0 amide bonds. The maximum absolute atomic E-state index is 12.0. The van der Waals surface area contributed by atoms with Crippen LogP contribution in [0.2, 0.25) is 0 Å². The van der Waals surface area contributed by atoms with Crippen molar-refractivity contribution >= 4 is 17.5 Å².